The van der Waals surface area contributed by atoms with Gasteiger partial charge < -0.3 is 26.3 Å². The maximum absolute atomic E-state index is 13.2. The molecule has 3 aromatic carbocycles. The van der Waals surface area contributed by atoms with E-state index in [1.165, 1.54) is 0 Å². The van der Waals surface area contributed by atoms with Crippen LogP contribution in [0.1, 0.15) is 47.2 Å². The number of ether oxygens (including phenoxy) is 2. The highest BCUT2D eigenvalue weighted by Crippen LogP contribution is 2.33. The standard InChI is InChI=1S/C28H31N3O5/c29-25(32)17-8-7-15-23(27(30)33)31-28(34)22-14-9-16-24(35-18-20-10-3-1-4-11-20)26(22)36-19-21-12-5-2-6-13-21/h1-6,9-14,16,23H,7-8,15,17-19H2,(H2,29,32)(H2,30,33)(H,31,34)/t23-/m1/s1. The number of rotatable bonds is 14. The van der Waals surface area contributed by atoms with Gasteiger partial charge in [0.1, 0.15) is 19.3 Å². The van der Waals surface area contributed by atoms with E-state index in [9.17, 15) is 14.4 Å². The molecule has 0 fully saturated rings. The largest absolute Gasteiger partial charge is 0.485 e. The molecule has 0 saturated carbocycles. The molecule has 0 spiro atoms. The van der Waals surface area contributed by atoms with Crippen molar-refractivity contribution < 1.29 is 23.9 Å². The molecule has 0 aliphatic heterocycles. The normalized spacial score (nSPS) is 11.3. The molecule has 0 saturated heterocycles. The molecule has 0 heterocycles. The Balaban J connectivity index is 1.79. The Kier molecular flexibility index (Phi) is 9.88. The van der Waals surface area contributed by atoms with Crippen LogP contribution in [-0.2, 0) is 22.8 Å². The SMILES string of the molecule is NC(=O)CCCC[C@@H](NC(=O)c1cccc(OCc2ccccc2)c1OCc1ccccc1)C(N)=O. The molecule has 36 heavy (non-hydrogen) atoms. The summed E-state index contributed by atoms with van der Waals surface area (Å²) < 4.78 is 12.1. The summed E-state index contributed by atoms with van der Waals surface area (Å²) in [4.78, 5) is 36.2. The monoisotopic (exact) mass is 489 g/mol. The van der Waals surface area contributed by atoms with Crippen LogP contribution in [-0.4, -0.2) is 23.8 Å². The van der Waals surface area contributed by atoms with Crippen LogP contribution in [0.4, 0.5) is 0 Å². The average molecular weight is 490 g/mol. The van der Waals surface area contributed by atoms with Crippen molar-refractivity contribution in [3.63, 3.8) is 0 Å². The molecule has 0 aliphatic rings. The molecule has 0 radical (unpaired) electrons. The summed E-state index contributed by atoms with van der Waals surface area (Å²) in [5.41, 5.74) is 12.8. The van der Waals surface area contributed by atoms with Crippen molar-refractivity contribution in [1.82, 2.24) is 5.32 Å². The van der Waals surface area contributed by atoms with Crippen molar-refractivity contribution in [3.05, 3.63) is 95.6 Å². The van der Waals surface area contributed by atoms with Crippen molar-refractivity contribution in [2.75, 3.05) is 0 Å². The van der Waals surface area contributed by atoms with Crippen LogP contribution in [0.15, 0.2) is 78.9 Å². The first-order valence-electron chi connectivity index (χ1n) is 11.8. The van der Waals surface area contributed by atoms with Crippen molar-refractivity contribution in [3.8, 4) is 11.5 Å². The van der Waals surface area contributed by atoms with Crippen LogP contribution < -0.4 is 26.3 Å². The highest BCUT2D eigenvalue weighted by Gasteiger charge is 2.23. The quantitative estimate of drug-likeness (QED) is 0.298. The molecule has 0 unspecified atom stereocenters. The minimum atomic E-state index is -0.902. The van der Waals surface area contributed by atoms with E-state index in [-0.39, 0.29) is 30.9 Å². The maximum Gasteiger partial charge on any atom is 0.255 e. The number of primary amides is 2. The molecule has 0 bridgehead atoms. The van der Waals surface area contributed by atoms with Gasteiger partial charge in [0.15, 0.2) is 11.5 Å². The van der Waals surface area contributed by atoms with Crippen LogP contribution >= 0.6 is 0 Å². The minimum absolute atomic E-state index is 0.206. The van der Waals surface area contributed by atoms with Gasteiger partial charge >= 0.3 is 0 Å². The number of carbonyl (C=O) groups is 3. The third-order valence-corrected chi connectivity index (χ3v) is 5.50. The number of carbonyl (C=O) groups excluding carboxylic acids is 3. The molecule has 3 amide bonds. The predicted molar refractivity (Wildman–Crippen MR) is 136 cm³/mol. The summed E-state index contributed by atoms with van der Waals surface area (Å²) in [6, 6.07) is 23.3. The van der Waals surface area contributed by atoms with Crippen LogP contribution in [0.3, 0.4) is 0 Å². The molecule has 3 rings (SSSR count). The lowest BCUT2D eigenvalue weighted by molar-refractivity contribution is -0.120. The summed E-state index contributed by atoms with van der Waals surface area (Å²) >= 11 is 0. The zero-order valence-corrected chi connectivity index (χ0v) is 20.0. The van der Waals surface area contributed by atoms with Gasteiger partial charge in [-0.15, -0.1) is 0 Å². The molecular weight excluding hydrogens is 458 g/mol. The smallest absolute Gasteiger partial charge is 0.255 e. The minimum Gasteiger partial charge on any atom is -0.485 e. The second-order valence-corrected chi connectivity index (χ2v) is 8.32. The van der Waals surface area contributed by atoms with Crippen molar-refractivity contribution >= 4 is 17.7 Å². The van der Waals surface area contributed by atoms with Gasteiger partial charge in [0.25, 0.3) is 5.91 Å². The van der Waals surface area contributed by atoms with E-state index >= 15 is 0 Å². The van der Waals surface area contributed by atoms with E-state index in [1.807, 2.05) is 60.7 Å². The van der Waals surface area contributed by atoms with Crippen LogP contribution in [0.25, 0.3) is 0 Å². The molecule has 3 aromatic rings. The fraction of sp³-hybridized carbons (Fsp3) is 0.250. The van der Waals surface area contributed by atoms with Crippen molar-refractivity contribution in [2.45, 2.75) is 44.9 Å². The fourth-order valence-electron chi connectivity index (χ4n) is 3.59. The number of nitrogens with one attached hydrogen (secondary N) is 1. The maximum atomic E-state index is 13.2. The molecule has 8 heteroatoms. The van der Waals surface area contributed by atoms with Crippen LogP contribution in [0.5, 0.6) is 11.5 Å². The second-order valence-electron chi connectivity index (χ2n) is 8.32. The lowest BCUT2D eigenvalue weighted by atomic mass is 10.1. The van der Waals surface area contributed by atoms with E-state index in [2.05, 4.69) is 5.32 Å². The Labute approximate surface area is 210 Å². The topological polar surface area (TPSA) is 134 Å². The van der Waals surface area contributed by atoms with E-state index in [0.29, 0.717) is 25.0 Å². The number of hydrogen-bond acceptors (Lipinski definition) is 5. The Morgan fingerprint density at radius 3 is 1.94 bits per heavy atom. The van der Waals surface area contributed by atoms with Gasteiger partial charge in [-0.1, -0.05) is 73.2 Å². The third-order valence-electron chi connectivity index (χ3n) is 5.50. The summed E-state index contributed by atoms with van der Waals surface area (Å²) in [6.45, 7) is 0.510. The Morgan fingerprint density at radius 2 is 1.36 bits per heavy atom. The van der Waals surface area contributed by atoms with Gasteiger partial charge in [0.05, 0.1) is 5.56 Å². The number of nitrogens with two attached hydrogens (primary N) is 2. The predicted octanol–water partition coefficient (Wildman–Crippen LogP) is 3.47. The average Bonchev–Trinajstić information content (AvgIpc) is 2.88. The number of amides is 3. The van der Waals surface area contributed by atoms with Gasteiger partial charge in [-0.05, 0) is 36.1 Å². The summed E-state index contributed by atoms with van der Waals surface area (Å²) in [5.74, 6) is -0.916. The van der Waals surface area contributed by atoms with Crippen molar-refractivity contribution in [1.29, 1.82) is 0 Å². The number of hydrogen-bond donors (Lipinski definition) is 3. The highest BCUT2D eigenvalue weighted by molar-refractivity contribution is 6.00. The number of para-hydroxylation sites is 1. The molecule has 8 nitrogen and oxygen atoms in total. The van der Waals surface area contributed by atoms with Crippen LogP contribution in [0.2, 0.25) is 0 Å². The zero-order valence-electron chi connectivity index (χ0n) is 20.0. The van der Waals surface area contributed by atoms with Crippen molar-refractivity contribution in [2.24, 2.45) is 11.5 Å². The Hall–Kier alpha value is -4.33. The van der Waals surface area contributed by atoms with E-state index in [1.54, 1.807) is 18.2 Å². The van der Waals surface area contributed by atoms with E-state index in [4.69, 9.17) is 20.9 Å². The molecule has 0 aromatic heterocycles. The lowest BCUT2D eigenvalue weighted by Crippen LogP contribution is -2.44. The first-order chi connectivity index (χ1) is 17.4. The molecule has 1 atom stereocenters. The molecule has 0 aliphatic carbocycles. The van der Waals surface area contributed by atoms with E-state index < -0.39 is 23.8 Å². The first-order valence-corrected chi connectivity index (χ1v) is 11.8. The molecule has 188 valence electrons. The van der Waals surface area contributed by atoms with Gasteiger partial charge in [-0.3, -0.25) is 14.4 Å². The fourth-order valence-corrected chi connectivity index (χ4v) is 3.59. The molecular formula is C28H31N3O5. The number of unbranched alkanes of at least 4 members (excludes halogenated alkanes) is 1. The summed E-state index contributed by atoms with van der Waals surface area (Å²) in [7, 11) is 0. The van der Waals surface area contributed by atoms with Gasteiger partial charge in [-0.2, -0.15) is 0 Å². The number of benzene rings is 3. The van der Waals surface area contributed by atoms with Crippen LogP contribution in [0, 0.1) is 0 Å². The third kappa shape index (κ3) is 8.16. The second kappa shape index (κ2) is 13.5. The summed E-state index contributed by atoms with van der Waals surface area (Å²) in [5, 5.41) is 2.70. The zero-order chi connectivity index (χ0) is 25.8. The first kappa shape index (κ1) is 26.3. The highest BCUT2D eigenvalue weighted by atomic mass is 16.5. The van der Waals surface area contributed by atoms with Gasteiger partial charge in [0, 0.05) is 6.42 Å². The Bertz CT molecular complexity index is 1150. The van der Waals surface area contributed by atoms with Gasteiger partial charge in [-0.25, -0.2) is 0 Å². The summed E-state index contributed by atoms with van der Waals surface area (Å²) in [6.07, 6.45) is 1.51. The van der Waals surface area contributed by atoms with Gasteiger partial charge in [0.2, 0.25) is 11.8 Å². The van der Waals surface area contributed by atoms with E-state index in [0.717, 1.165) is 11.1 Å². The molecule has 5 N–H and O–H groups in total. The Morgan fingerprint density at radius 1 is 0.750 bits per heavy atom. The lowest BCUT2D eigenvalue weighted by Gasteiger charge is -2.19.